The average Bonchev–Trinajstić information content (AvgIpc) is 2.34. The van der Waals surface area contributed by atoms with Crippen molar-refractivity contribution in [3.8, 4) is 0 Å². The molecule has 1 aromatic rings. The van der Waals surface area contributed by atoms with Gasteiger partial charge in [0.25, 0.3) is 0 Å². The van der Waals surface area contributed by atoms with E-state index >= 15 is 0 Å². The van der Waals surface area contributed by atoms with E-state index in [0.29, 0.717) is 11.1 Å². The minimum absolute atomic E-state index is 0.342. The minimum atomic E-state index is -0.834. The van der Waals surface area contributed by atoms with E-state index in [9.17, 15) is 9.59 Å². The molecule has 108 valence electrons. The summed E-state index contributed by atoms with van der Waals surface area (Å²) in [6.45, 7) is 10.5. The van der Waals surface area contributed by atoms with E-state index in [1.807, 2.05) is 6.07 Å². The van der Waals surface area contributed by atoms with Crippen molar-refractivity contribution < 1.29 is 14.3 Å². The first-order valence-electron chi connectivity index (χ1n) is 6.45. The number of carbonyl (C=O) groups excluding carboxylic acids is 2. The van der Waals surface area contributed by atoms with Crippen molar-refractivity contribution >= 4 is 11.9 Å². The second-order valence-electron chi connectivity index (χ2n) is 5.63. The van der Waals surface area contributed by atoms with Crippen LogP contribution in [-0.2, 0) is 14.3 Å². The monoisotopic (exact) mass is 275 g/mol. The number of hydrogen-bond donors (Lipinski definition) is 1. The van der Waals surface area contributed by atoms with Crippen molar-refractivity contribution in [3.63, 3.8) is 0 Å². The third-order valence-corrected chi connectivity index (χ3v) is 2.44. The number of ether oxygens (including phenoxy) is 1. The van der Waals surface area contributed by atoms with Crippen molar-refractivity contribution in [2.24, 2.45) is 0 Å². The highest BCUT2D eigenvalue weighted by molar-refractivity contribution is 5.95. The van der Waals surface area contributed by atoms with Gasteiger partial charge in [0.15, 0.2) is 6.04 Å². The molecule has 4 nitrogen and oxygen atoms in total. The Bertz CT molecular complexity index is 500. The van der Waals surface area contributed by atoms with Crippen LogP contribution in [0.1, 0.15) is 39.3 Å². The first-order valence-corrected chi connectivity index (χ1v) is 6.45. The number of carbonyl (C=O) groups is 2. The summed E-state index contributed by atoms with van der Waals surface area (Å²) in [7, 11) is 0. The van der Waals surface area contributed by atoms with Crippen LogP contribution in [0.25, 0.3) is 0 Å². The minimum Gasteiger partial charge on any atom is -0.458 e. The molecule has 0 aromatic heterocycles. The number of amides is 1. The first-order chi connectivity index (χ1) is 9.20. The maximum absolute atomic E-state index is 12.3. The van der Waals surface area contributed by atoms with E-state index in [2.05, 4.69) is 11.9 Å². The molecule has 0 fully saturated rings. The van der Waals surface area contributed by atoms with Crippen LogP contribution in [0.3, 0.4) is 0 Å². The zero-order valence-corrected chi connectivity index (χ0v) is 12.4. The third-order valence-electron chi connectivity index (χ3n) is 2.44. The lowest BCUT2D eigenvalue weighted by molar-refractivity contribution is -0.158. The lowest BCUT2D eigenvalue weighted by Gasteiger charge is -2.24. The Labute approximate surface area is 119 Å². The number of esters is 1. The number of nitrogens with one attached hydrogen (secondary N) is 1. The highest BCUT2D eigenvalue weighted by atomic mass is 16.6. The van der Waals surface area contributed by atoms with Gasteiger partial charge in [0.2, 0.25) is 5.91 Å². The summed E-state index contributed by atoms with van der Waals surface area (Å²) in [6.07, 6.45) is 0. The summed E-state index contributed by atoms with van der Waals surface area (Å²) in [5, 5.41) is 2.64. The highest BCUT2D eigenvalue weighted by Gasteiger charge is 2.28. The molecule has 0 unspecified atom stereocenters. The van der Waals surface area contributed by atoms with Gasteiger partial charge in [-0.25, -0.2) is 4.79 Å². The fourth-order valence-corrected chi connectivity index (χ4v) is 1.54. The maximum Gasteiger partial charge on any atom is 0.333 e. The van der Waals surface area contributed by atoms with Crippen molar-refractivity contribution in [3.05, 3.63) is 48.0 Å². The van der Waals surface area contributed by atoms with Gasteiger partial charge in [0.05, 0.1) is 0 Å². The average molecular weight is 275 g/mol. The van der Waals surface area contributed by atoms with Gasteiger partial charge in [0.1, 0.15) is 5.60 Å². The molecule has 1 rings (SSSR count). The molecule has 0 radical (unpaired) electrons. The van der Waals surface area contributed by atoms with Crippen LogP contribution in [-0.4, -0.2) is 17.5 Å². The second kappa shape index (κ2) is 6.37. The predicted molar refractivity (Wildman–Crippen MR) is 78.0 cm³/mol. The Morgan fingerprint density at radius 3 is 2.20 bits per heavy atom. The predicted octanol–water partition coefficient (Wildman–Crippen LogP) is 2.76. The molecule has 0 aliphatic carbocycles. The summed E-state index contributed by atoms with van der Waals surface area (Å²) in [5.74, 6) is -0.858. The van der Waals surface area contributed by atoms with Gasteiger partial charge in [0, 0.05) is 5.57 Å². The SMILES string of the molecule is C=C(C)C(=O)N[C@@H](C(=O)OC(C)(C)C)c1ccccc1. The van der Waals surface area contributed by atoms with Gasteiger partial charge >= 0.3 is 5.97 Å². The van der Waals surface area contributed by atoms with Crippen molar-refractivity contribution in [1.82, 2.24) is 5.32 Å². The van der Waals surface area contributed by atoms with E-state index < -0.39 is 17.6 Å². The maximum atomic E-state index is 12.3. The lowest BCUT2D eigenvalue weighted by atomic mass is 10.1. The Morgan fingerprint density at radius 1 is 1.20 bits per heavy atom. The molecule has 0 aliphatic rings. The summed E-state index contributed by atoms with van der Waals surface area (Å²) < 4.78 is 5.35. The first kappa shape index (κ1) is 16.0. The molecule has 1 aromatic carbocycles. The number of rotatable bonds is 4. The lowest BCUT2D eigenvalue weighted by Crippen LogP contribution is -2.38. The van der Waals surface area contributed by atoms with Crippen LogP contribution >= 0.6 is 0 Å². The topological polar surface area (TPSA) is 55.4 Å². The third kappa shape index (κ3) is 4.88. The fraction of sp³-hybridized carbons (Fsp3) is 0.375. The molecule has 1 atom stereocenters. The zero-order valence-electron chi connectivity index (χ0n) is 12.4. The van der Waals surface area contributed by atoms with Gasteiger partial charge in [-0.15, -0.1) is 0 Å². The summed E-state index contributed by atoms with van der Waals surface area (Å²) in [6, 6.07) is 8.16. The molecule has 0 heterocycles. The number of hydrogen-bond acceptors (Lipinski definition) is 3. The molecule has 0 aliphatic heterocycles. The molecule has 1 N–H and O–H groups in total. The Hall–Kier alpha value is -2.10. The molecule has 0 saturated heterocycles. The van der Waals surface area contributed by atoms with Gasteiger partial charge in [-0.3, -0.25) is 4.79 Å². The standard InChI is InChI=1S/C16H21NO3/c1-11(2)14(18)17-13(12-9-7-6-8-10-12)15(19)20-16(3,4)5/h6-10,13H,1H2,2-5H3,(H,17,18)/t13-/m1/s1. The van der Waals surface area contributed by atoms with Crippen LogP contribution in [0, 0.1) is 0 Å². The molecule has 1 amide bonds. The zero-order chi connectivity index (χ0) is 15.3. The molecular formula is C16H21NO3. The summed E-state index contributed by atoms with van der Waals surface area (Å²) in [5.41, 5.74) is 0.406. The van der Waals surface area contributed by atoms with Crippen molar-refractivity contribution in [1.29, 1.82) is 0 Å². The van der Waals surface area contributed by atoms with Crippen LogP contribution in [0.5, 0.6) is 0 Å². The van der Waals surface area contributed by atoms with Crippen molar-refractivity contribution in [2.45, 2.75) is 39.3 Å². The molecular weight excluding hydrogens is 254 g/mol. The van der Waals surface area contributed by atoms with Crippen LogP contribution in [0.4, 0.5) is 0 Å². The van der Waals surface area contributed by atoms with Crippen LogP contribution < -0.4 is 5.32 Å². The molecule has 0 bridgehead atoms. The Balaban J connectivity index is 2.99. The Morgan fingerprint density at radius 2 is 1.75 bits per heavy atom. The van der Waals surface area contributed by atoms with Gasteiger partial charge in [-0.05, 0) is 33.3 Å². The normalized spacial score (nSPS) is 12.4. The van der Waals surface area contributed by atoms with Crippen LogP contribution in [0.15, 0.2) is 42.5 Å². The fourth-order valence-electron chi connectivity index (χ4n) is 1.54. The van der Waals surface area contributed by atoms with Crippen LogP contribution in [0.2, 0.25) is 0 Å². The molecule has 20 heavy (non-hydrogen) atoms. The number of benzene rings is 1. The van der Waals surface area contributed by atoms with E-state index in [0.717, 1.165) is 0 Å². The molecule has 0 spiro atoms. The summed E-state index contributed by atoms with van der Waals surface area (Å²) in [4.78, 5) is 24.0. The van der Waals surface area contributed by atoms with E-state index in [1.165, 1.54) is 0 Å². The van der Waals surface area contributed by atoms with Gasteiger partial charge in [-0.2, -0.15) is 0 Å². The largest absolute Gasteiger partial charge is 0.458 e. The van der Waals surface area contributed by atoms with Crippen molar-refractivity contribution in [2.75, 3.05) is 0 Å². The highest BCUT2D eigenvalue weighted by Crippen LogP contribution is 2.19. The van der Waals surface area contributed by atoms with E-state index in [-0.39, 0.29) is 5.91 Å². The second-order valence-corrected chi connectivity index (χ2v) is 5.63. The van der Waals surface area contributed by atoms with E-state index in [4.69, 9.17) is 4.74 Å². The molecule has 0 saturated carbocycles. The quantitative estimate of drug-likeness (QED) is 0.679. The van der Waals surface area contributed by atoms with Gasteiger partial charge in [-0.1, -0.05) is 36.9 Å². The van der Waals surface area contributed by atoms with E-state index in [1.54, 1.807) is 52.0 Å². The Kier molecular flexibility index (Phi) is 5.08. The van der Waals surface area contributed by atoms with Gasteiger partial charge < -0.3 is 10.1 Å². The molecule has 4 heteroatoms. The summed E-state index contributed by atoms with van der Waals surface area (Å²) >= 11 is 0. The smallest absolute Gasteiger partial charge is 0.333 e.